The van der Waals surface area contributed by atoms with Crippen LogP contribution in [0.15, 0.2) is 53.1 Å². The minimum absolute atomic E-state index is 0.134. The molecular formula is C19H18N2O5. The Morgan fingerprint density at radius 2 is 2.08 bits per heavy atom. The summed E-state index contributed by atoms with van der Waals surface area (Å²) in [6, 6.07) is 11.8. The number of carbonyl (C=O) groups excluding carboxylic acids is 2. The maximum Gasteiger partial charge on any atom is 0.357 e. The van der Waals surface area contributed by atoms with Gasteiger partial charge in [-0.3, -0.25) is 4.79 Å². The van der Waals surface area contributed by atoms with Crippen molar-refractivity contribution in [2.24, 2.45) is 0 Å². The predicted octanol–water partition coefficient (Wildman–Crippen LogP) is 2.87. The minimum Gasteiger partial charge on any atom is -0.497 e. The molecule has 1 N–H and O–H groups in total. The third kappa shape index (κ3) is 4.00. The van der Waals surface area contributed by atoms with Crippen LogP contribution in [0.4, 0.5) is 0 Å². The topological polar surface area (TPSA) is 90.7 Å². The Morgan fingerprint density at radius 1 is 1.23 bits per heavy atom. The maximum atomic E-state index is 12.1. The Morgan fingerprint density at radius 3 is 2.81 bits per heavy atom. The number of hydrogen-bond acceptors (Lipinski definition) is 6. The van der Waals surface area contributed by atoms with Crippen LogP contribution in [-0.2, 0) is 9.53 Å². The number of hydrogen-bond donors (Lipinski definition) is 1. The van der Waals surface area contributed by atoms with Crippen LogP contribution in [0.1, 0.15) is 29.2 Å². The predicted molar refractivity (Wildman–Crippen MR) is 93.8 cm³/mol. The van der Waals surface area contributed by atoms with Gasteiger partial charge in [0.05, 0.1) is 24.9 Å². The third-order valence-corrected chi connectivity index (χ3v) is 3.79. The maximum absolute atomic E-state index is 12.1. The fourth-order valence-electron chi connectivity index (χ4n) is 2.44. The lowest BCUT2D eigenvalue weighted by molar-refractivity contribution is -0.125. The molecule has 1 aromatic carbocycles. The van der Waals surface area contributed by atoms with E-state index in [4.69, 9.17) is 13.9 Å². The fourth-order valence-corrected chi connectivity index (χ4v) is 2.44. The Balaban J connectivity index is 1.59. The Kier molecular flexibility index (Phi) is 5.17. The van der Waals surface area contributed by atoms with E-state index in [2.05, 4.69) is 10.3 Å². The van der Waals surface area contributed by atoms with Crippen molar-refractivity contribution in [3.8, 4) is 5.75 Å². The van der Waals surface area contributed by atoms with Crippen LogP contribution < -0.4 is 10.1 Å². The Labute approximate surface area is 149 Å². The molecule has 0 aliphatic heterocycles. The molecule has 3 rings (SSSR count). The van der Waals surface area contributed by atoms with Gasteiger partial charge >= 0.3 is 5.97 Å². The number of carbonyl (C=O) groups is 2. The summed E-state index contributed by atoms with van der Waals surface area (Å²) >= 11 is 0. The molecule has 0 bridgehead atoms. The highest BCUT2D eigenvalue weighted by Crippen LogP contribution is 2.19. The molecule has 0 aliphatic rings. The van der Waals surface area contributed by atoms with Crippen molar-refractivity contribution >= 4 is 22.8 Å². The van der Waals surface area contributed by atoms with Crippen LogP contribution in [0.3, 0.4) is 0 Å². The second-order valence-corrected chi connectivity index (χ2v) is 5.64. The van der Waals surface area contributed by atoms with E-state index in [0.717, 1.165) is 5.39 Å². The van der Waals surface area contributed by atoms with Crippen molar-refractivity contribution < 1.29 is 23.5 Å². The molecule has 0 fully saturated rings. The van der Waals surface area contributed by atoms with E-state index in [9.17, 15) is 9.59 Å². The molecule has 26 heavy (non-hydrogen) atoms. The average molecular weight is 354 g/mol. The number of pyridine rings is 1. The van der Waals surface area contributed by atoms with Crippen LogP contribution >= 0.6 is 0 Å². The first-order valence-corrected chi connectivity index (χ1v) is 8.01. The van der Waals surface area contributed by atoms with E-state index in [1.165, 1.54) is 6.26 Å². The highest BCUT2D eigenvalue weighted by Gasteiger charge is 2.15. The van der Waals surface area contributed by atoms with Gasteiger partial charge in [0.2, 0.25) is 0 Å². The molecular weight excluding hydrogens is 336 g/mol. The lowest BCUT2D eigenvalue weighted by Gasteiger charge is -2.11. The number of ether oxygens (including phenoxy) is 2. The largest absolute Gasteiger partial charge is 0.497 e. The van der Waals surface area contributed by atoms with Gasteiger partial charge in [-0.15, -0.1) is 0 Å². The molecule has 134 valence electrons. The number of nitrogens with zero attached hydrogens (tertiary/aromatic N) is 1. The van der Waals surface area contributed by atoms with Gasteiger partial charge in [-0.05, 0) is 43.3 Å². The van der Waals surface area contributed by atoms with E-state index in [-0.39, 0.29) is 11.7 Å². The molecule has 3 aromatic rings. The lowest BCUT2D eigenvalue weighted by atomic mass is 10.2. The molecule has 1 amide bonds. The molecule has 0 aliphatic carbocycles. The third-order valence-electron chi connectivity index (χ3n) is 3.79. The van der Waals surface area contributed by atoms with Gasteiger partial charge in [0.25, 0.3) is 5.91 Å². The second kappa shape index (κ2) is 7.69. The van der Waals surface area contributed by atoms with Crippen molar-refractivity contribution in [1.29, 1.82) is 0 Å². The number of aromatic nitrogens is 1. The van der Waals surface area contributed by atoms with E-state index in [1.807, 2.05) is 6.07 Å². The summed E-state index contributed by atoms with van der Waals surface area (Å²) in [6.07, 6.45) is 1.53. The van der Waals surface area contributed by atoms with Crippen LogP contribution in [0.5, 0.6) is 5.75 Å². The zero-order chi connectivity index (χ0) is 18.5. The van der Waals surface area contributed by atoms with E-state index in [0.29, 0.717) is 17.0 Å². The zero-order valence-electron chi connectivity index (χ0n) is 14.4. The number of rotatable bonds is 6. The van der Waals surface area contributed by atoms with Gasteiger partial charge in [0.15, 0.2) is 6.61 Å². The number of fused-ring (bicyclic) bond motifs is 1. The summed E-state index contributed by atoms with van der Waals surface area (Å²) in [5.74, 6) is 0.240. The van der Waals surface area contributed by atoms with E-state index in [1.54, 1.807) is 50.4 Å². The van der Waals surface area contributed by atoms with Gasteiger partial charge in [0, 0.05) is 5.39 Å². The summed E-state index contributed by atoms with van der Waals surface area (Å²) in [5, 5.41) is 3.53. The number of nitrogens with one attached hydrogen (secondary N) is 1. The zero-order valence-corrected chi connectivity index (χ0v) is 14.4. The molecule has 7 heteroatoms. The molecule has 0 spiro atoms. The van der Waals surface area contributed by atoms with Crippen molar-refractivity contribution in [3.63, 3.8) is 0 Å². The van der Waals surface area contributed by atoms with Crippen LogP contribution in [-0.4, -0.2) is 30.6 Å². The Hall–Kier alpha value is -3.35. The SMILES string of the molecule is COc1ccc2nc(C(=O)OCC(=O)N[C@H](C)c3ccco3)ccc2c1. The standard InChI is InChI=1S/C19H18N2O5/c1-12(17-4-3-9-25-17)20-18(22)11-26-19(23)16-7-5-13-10-14(24-2)6-8-15(13)21-16/h3-10,12H,11H2,1-2H3,(H,20,22)/t12-/m1/s1. The lowest BCUT2D eigenvalue weighted by Crippen LogP contribution is -2.31. The average Bonchev–Trinajstić information content (AvgIpc) is 3.20. The number of amides is 1. The smallest absolute Gasteiger partial charge is 0.357 e. The van der Waals surface area contributed by atoms with Gasteiger partial charge in [-0.25, -0.2) is 9.78 Å². The second-order valence-electron chi connectivity index (χ2n) is 5.64. The fraction of sp³-hybridized carbons (Fsp3) is 0.211. The summed E-state index contributed by atoms with van der Waals surface area (Å²) in [4.78, 5) is 28.3. The molecule has 2 heterocycles. The normalized spacial score (nSPS) is 11.8. The van der Waals surface area contributed by atoms with E-state index >= 15 is 0 Å². The molecule has 0 saturated heterocycles. The van der Waals surface area contributed by atoms with Crippen LogP contribution in [0.2, 0.25) is 0 Å². The van der Waals surface area contributed by atoms with E-state index < -0.39 is 18.5 Å². The first-order chi connectivity index (χ1) is 12.6. The van der Waals surface area contributed by atoms with Gasteiger partial charge in [0.1, 0.15) is 17.2 Å². The first kappa shape index (κ1) is 17.5. The Bertz CT molecular complexity index is 921. The molecule has 0 saturated carbocycles. The van der Waals surface area contributed by atoms with Gasteiger partial charge in [-0.2, -0.15) is 0 Å². The van der Waals surface area contributed by atoms with Crippen LogP contribution in [0.25, 0.3) is 10.9 Å². The van der Waals surface area contributed by atoms with Crippen molar-refractivity contribution in [3.05, 3.63) is 60.2 Å². The molecule has 0 radical (unpaired) electrons. The molecule has 1 atom stereocenters. The number of benzene rings is 1. The first-order valence-electron chi connectivity index (χ1n) is 8.01. The molecule has 0 unspecified atom stereocenters. The van der Waals surface area contributed by atoms with Crippen LogP contribution in [0, 0.1) is 0 Å². The molecule has 7 nitrogen and oxygen atoms in total. The van der Waals surface area contributed by atoms with Crippen molar-refractivity contribution in [2.45, 2.75) is 13.0 Å². The number of methoxy groups -OCH3 is 1. The minimum atomic E-state index is -0.663. The highest BCUT2D eigenvalue weighted by atomic mass is 16.5. The highest BCUT2D eigenvalue weighted by molar-refractivity contribution is 5.92. The van der Waals surface area contributed by atoms with Crippen molar-refractivity contribution in [2.75, 3.05) is 13.7 Å². The quantitative estimate of drug-likeness (QED) is 0.685. The van der Waals surface area contributed by atoms with Gasteiger partial charge < -0.3 is 19.2 Å². The summed E-state index contributed by atoms with van der Waals surface area (Å²) < 4.78 is 15.4. The summed E-state index contributed by atoms with van der Waals surface area (Å²) in [7, 11) is 1.58. The number of furan rings is 1. The van der Waals surface area contributed by atoms with Crippen molar-refractivity contribution in [1.82, 2.24) is 10.3 Å². The monoisotopic (exact) mass is 354 g/mol. The summed E-state index contributed by atoms with van der Waals surface area (Å²) in [6.45, 7) is 1.38. The summed E-state index contributed by atoms with van der Waals surface area (Å²) in [5.41, 5.74) is 0.769. The van der Waals surface area contributed by atoms with Gasteiger partial charge in [-0.1, -0.05) is 6.07 Å². The molecule has 2 aromatic heterocycles. The number of esters is 1.